The fourth-order valence-corrected chi connectivity index (χ4v) is 7.81. The molecule has 1 heterocycles. The number of hydrogen-bond acceptors (Lipinski definition) is 2. The Morgan fingerprint density at radius 3 is 1.89 bits per heavy atom. The molecule has 0 unspecified atom stereocenters. The predicted molar refractivity (Wildman–Crippen MR) is 191 cm³/mol. The van der Waals surface area contributed by atoms with Crippen LogP contribution in [0.25, 0.3) is 33.1 Å². The summed E-state index contributed by atoms with van der Waals surface area (Å²) in [7, 11) is 0. The van der Waals surface area contributed by atoms with Gasteiger partial charge in [0.15, 0.2) is 0 Å². The van der Waals surface area contributed by atoms with Crippen LogP contribution in [0.2, 0.25) is 5.02 Å². The maximum Gasteiger partial charge on any atom is 0.137 e. The van der Waals surface area contributed by atoms with E-state index in [0.717, 1.165) is 39.0 Å². The molecule has 0 amide bonds. The number of fused-ring (bicyclic) bond motifs is 6. The Kier molecular flexibility index (Phi) is 6.12. The van der Waals surface area contributed by atoms with Crippen molar-refractivity contribution in [1.82, 2.24) is 0 Å². The molecule has 0 atom stereocenters. The summed E-state index contributed by atoms with van der Waals surface area (Å²) in [6.45, 7) is 0. The lowest BCUT2D eigenvalue weighted by Crippen LogP contribution is -2.28. The average molecular weight is 610 g/mol. The lowest BCUT2D eigenvalue weighted by Gasteiger charge is -2.34. The van der Waals surface area contributed by atoms with Gasteiger partial charge in [0.1, 0.15) is 11.2 Å². The summed E-state index contributed by atoms with van der Waals surface area (Å²) in [5, 5.41) is 2.83. The highest BCUT2D eigenvalue weighted by Gasteiger charge is 2.47. The normalized spacial score (nSPS) is 13.1. The summed E-state index contributed by atoms with van der Waals surface area (Å²) >= 11 is 6.71. The van der Waals surface area contributed by atoms with E-state index in [4.69, 9.17) is 16.0 Å². The van der Waals surface area contributed by atoms with E-state index in [-0.39, 0.29) is 0 Å². The van der Waals surface area contributed by atoms with Crippen molar-refractivity contribution in [1.29, 1.82) is 0 Å². The van der Waals surface area contributed by atoms with Gasteiger partial charge in [-0.3, -0.25) is 0 Å². The molecule has 0 fully saturated rings. The predicted octanol–water partition coefficient (Wildman–Crippen LogP) is 12.1. The number of nitrogens with zero attached hydrogens (tertiary/aromatic N) is 1. The maximum atomic E-state index is 6.71. The molecule has 8 aromatic rings. The Morgan fingerprint density at radius 2 is 1.11 bits per heavy atom. The Balaban J connectivity index is 1.42. The molecule has 1 aliphatic rings. The highest BCUT2D eigenvalue weighted by atomic mass is 35.5. The van der Waals surface area contributed by atoms with Crippen LogP contribution in [0, 0.1) is 0 Å². The summed E-state index contributed by atoms with van der Waals surface area (Å²) in [6, 6.07) is 60.2. The van der Waals surface area contributed by atoms with Crippen molar-refractivity contribution in [3.8, 4) is 11.1 Å². The Labute approximate surface area is 272 Å². The van der Waals surface area contributed by atoms with E-state index in [0.29, 0.717) is 5.02 Å². The lowest BCUT2D eigenvalue weighted by molar-refractivity contribution is 0.669. The van der Waals surface area contributed by atoms with Crippen LogP contribution in [-0.4, -0.2) is 0 Å². The zero-order chi connectivity index (χ0) is 30.7. The standard InChI is InChI=1S/C43H28ClNO/c44-31-18-11-19-32(28-31)45(38-25-13-27-40-42(38)34-21-8-10-26-39(34)46-40)37-24-12-23-36-41(37)33-20-7-9-22-35(33)43(36,29-14-3-1-4-15-29)30-16-5-2-6-17-30/h1-28H. The minimum absolute atomic E-state index is 0.501. The topological polar surface area (TPSA) is 16.4 Å². The zero-order valence-corrected chi connectivity index (χ0v) is 25.7. The monoisotopic (exact) mass is 609 g/mol. The molecule has 2 nitrogen and oxygen atoms in total. The molecular formula is C43H28ClNO. The van der Waals surface area contributed by atoms with Crippen LogP contribution in [0.1, 0.15) is 22.3 Å². The third-order valence-corrected chi connectivity index (χ3v) is 9.62. The van der Waals surface area contributed by atoms with Crippen LogP contribution in [-0.2, 0) is 5.41 Å². The molecule has 218 valence electrons. The van der Waals surface area contributed by atoms with Crippen LogP contribution < -0.4 is 4.90 Å². The quantitative estimate of drug-likeness (QED) is 0.193. The van der Waals surface area contributed by atoms with Gasteiger partial charge in [0.05, 0.1) is 22.2 Å². The fraction of sp³-hybridized carbons (Fsp3) is 0.0233. The van der Waals surface area contributed by atoms with E-state index >= 15 is 0 Å². The summed E-state index contributed by atoms with van der Waals surface area (Å²) < 4.78 is 6.38. The van der Waals surface area contributed by atoms with Crippen molar-refractivity contribution in [2.45, 2.75) is 5.41 Å². The first-order chi connectivity index (χ1) is 22.7. The van der Waals surface area contributed by atoms with Crippen molar-refractivity contribution in [3.63, 3.8) is 0 Å². The Morgan fingerprint density at radius 1 is 0.500 bits per heavy atom. The van der Waals surface area contributed by atoms with Gasteiger partial charge in [0, 0.05) is 21.7 Å². The van der Waals surface area contributed by atoms with E-state index in [2.05, 4.69) is 144 Å². The number of halogens is 1. The van der Waals surface area contributed by atoms with Gasteiger partial charge in [0.25, 0.3) is 0 Å². The van der Waals surface area contributed by atoms with E-state index in [1.54, 1.807) is 0 Å². The first-order valence-corrected chi connectivity index (χ1v) is 15.9. The van der Waals surface area contributed by atoms with Gasteiger partial charge in [-0.05, 0) is 70.3 Å². The Hall–Kier alpha value is -5.57. The summed E-state index contributed by atoms with van der Waals surface area (Å²) in [4.78, 5) is 2.36. The SMILES string of the molecule is Clc1cccc(N(c2cccc3c2-c2ccccc2C3(c2ccccc2)c2ccccc2)c2cccc3oc4ccccc4c23)c1. The van der Waals surface area contributed by atoms with Gasteiger partial charge in [0.2, 0.25) is 0 Å². The number of benzene rings is 7. The molecule has 0 radical (unpaired) electrons. The van der Waals surface area contributed by atoms with Crippen molar-refractivity contribution in [2.24, 2.45) is 0 Å². The number of rotatable bonds is 5. The van der Waals surface area contributed by atoms with E-state index in [1.807, 2.05) is 30.3 Å². The molecule has 0 spiro atoms. The second-order valence-electron chi connectivity index (χ2n) is 11.8. The summed E-state index contributed by atoms with van der Waals surface area (Å²) in [5.41, 5.74) is 11.7. The van der Waals surface area contributed by atoms with Gasteiger partial charge in [-0.15, -0.1) is 0 Å². The van der Waals surface area contributed by atoms with E-state index in [9.17, 15) is 0 Å². The molecule has 1 aliphatic carbocycles. The van der Waals surface area contributed by atoms with Gasteiger partial charge in [-0.1, -0.05) is 139 Å². The molecular weight excluding hydrogens is 582 g/mol. The highest BCUT2D eigenvalue weighted by Crippen LogP contribution is 2.59. The number of para-hydroxylation sites is 1. The van der Waals surface area contributed by atoms with E-state index in [1.165, 1.54) is 33.4 Å². The minimum Gasteiger partial charge on any atom is -0.456 e. The van der Waals surface area contributed by atoms with Gasteiger partial charge >= 0.3 is 0 Å². The average Bonchev–Trinajstić information content (AvgIpc) is 3.64. The lowest BCUT2D eigenvalue weighted by atomic mass is 9.68. The third-order valence-electron chi connectivity index (χ3n) is 9.39. The van der Waals surface area contributed by atoms with Crippen LogP contribution in [0.3, 0.4) is 0 Å². The molecule has 1 aromatic heterocycles. The van der Waals surface area contributed by atoms with Crippen LogP contribution in [0.15, 0.2) is 174 Å². The number of furan rings is 1. The maximum absolute atomic E-state index is 6.71. The zero-order valence-electron chi connectivity index (χ0n) is 24.9. The van der Waals surface area contributed by atoms with Crippen molar-refractivity contribution >= 4 is 50.6 Å². The molecule has 0 aliphatic heterocycles. The van der Waals surface area contributed by atoms with Gasteiger partial charge in [-0.25, -0.2) is 0 Å². The van der Waals surface area contributed by atoms with Gasteiger partial charge < -0.3 is 9.32 Å². The molecule has 7 aromatic carbocycles. The molecule has 0 saturated carbocycles. The number of hydrogen-bond donors (Lipinski definition) is 0. The molecule has 46 heavy (non-hydrogen) atoms. The molecule has 3 heteroatoms. The van der Waals surface area contributed by atoms with Gasteiger partial charge in [-0.2, -0.15) is 0 Å². The summed E-state index contributed by atoms with van der Waals surface area (Å²) in [6.07, 6.45) is 0. The molecule has 0 saturated heterocycles. The first kappa shape index (κ1) is 26.8. The third kappa shape index (κ3) is 3.84. The second-order valence-corrected chi connectivity index (χ2v) is 12.2. The van der Waals surface area contributed by atoms with Crippen molar-refractivity contribution in [2.75, 3.05) is 4.90 Å². The second kappa shape index (κ2) is 10.5. The summed E-state index contributed by atoms with van der Waals surface area (Å²) in [5.74, 6) is 0. The highest BCUT2D eigenvalue weighted by molar-refractivity contribution is 6.31. The van der Waals surface area contributed by atoms with Crippen LogP contribution in [0.5, 0.6) is 0 Å². The fourth-order valence-electron chi connectivity index (χ4n) is 7.63. The smallest absolute Gasteiger partial charge is 0.137 e. The number of anilines is 3. The first-order valence-electron chi connectivity index (χ1n) is 15.6. The molecule has 0 N–H and O–H groups in total. The largest absolute Gasteiger partial charge is 0.456 e. The van der Waals surface area contributed by atoms with Crippen molar-refractivity contribution in [3.05, 3.63) is 197 Å². The molecule has 9 rings (SSSR count). The minimum atomic E-state index is -0.501. The Bertz CT molecular complexity index is 2350. The van der Waals surface area contributed by atoms with Crippen LogP contribution in [0.4, 0.5) is 17.1 Å². The van der Waals surface area contributed by atoms with E-state index < -0.39 is 5.41 Å². The van der Waals surface area contributed by atoms with Crippen molar-refractivity contribution < 1.29 is 4.42 Å². The van der Waals surface area contributed by atoms with Crippen LogP contribution >= 0.6 is 11.6 Å². The molecule has 0 bridgehead atoms.